The summed E-state index contributed by atoms with van der Waals surface area (Å²) in [7, 11) is 0. The largest absolute Gasteiger partial charge is 0.507 e. The maximum absolute atomic E-state index is 13.4. The number of hydrogen-bond acceptors (Lipinski definition) is 5. The Bertz CT molecular complexity index is 1610. The average molecular weight is 482 g/mol. The number of aromatic amines is 1. The second kappa shape index (κ2) is 8.49. The van der Waals surface area contributed by atoms with Crippen LogP contribution in [0.15, 0.2) is 66.2 Å². The number of aryl methyl sites for hydroxylation is 3. The number of aromatic carboxylic acids is 1. The van der Waals surface area contributed by atoms with Crippen molar-refractivity contribution in [1.82, 2.24) is 9.97 Å². The van der Waals surface area contributed by atoms with Crippen LogP contribution < -0.4 is 4.90 Å². The number of carbonyl (C=O) groups is 3. The van der Waals surface area contributed by atoms with E-state index in [4.69, 9.17) is 0 Å². The number of rotatable bonds is 4. The van der Waals surface area contributed by atoms with E-state index in [0.717, 1.165) is 16.7 Å². The molecule has 8 nitrogen and oxygen atoms in total. The summed E-state index contributed by atoms with van der Waals surface area (Å²) < 4.78 is 0. The third kappa shape index (κ3) is 3.73. The lowest BCUT2D eigenvalue weighted by Gasteiger charge is -2.23. The van der Waals surface area contributed by atoms with Crippen molar-refractivity contribution >= 4 is 40.4 Å². The monoisotopic (exact) mass is 481 g/mol. The van der Waals surface area contributed by atoms with Gasteiger partial charge in [-0.1, -0.05) is 42.0 Å². The predicted molar refractivity (Wildman–Crippen MR) is 135 cm³/mol. The molecule has 0 bridgehead atoms. The summed E-state index contributed by atoms with van der Waals surface area (Å²) in [4.78, 5) is 46.8. The van der Waals surface area contributed by atoms with Gasteiger partial charge in [-0.3, -0.25) is 14.5 Å². The van der Waals surface area contributed by atoms with E-state index >= 15 is 0 Å². The normalized spacial score (nSPS) is 17.2. The number of carboxylic acids is 1. The summed E-state index contributed by atoms with van der Waals surface area (Å²) in [5, 5.41) is 20.6. The Morgan fingerprint density at radius 2 is 1.67 bits per heavy atom. The lowest BCUT2D eigenvalue weighted by molar-refractivity contribution is -0.132. The number of imidazole rings is 1. The SMILES string of the molecule is Cc1cccc(C2/C(=C(\O)c3ccc(C)c(C)c3)C(=O)C(=O)N2c2nc3ccc(C(=O)O)cc3[nH]2)c1. The molecule has 1 fully saturated rings. The molecule has 1 atom stereocenters. The molecule has 3 aromatic carbocycles. The molecule has 4 aromatic rings. The Balaban J connectivity index is 1.73. The number of amides is 1. The summed E-state index contributed by atoms with van der Waals surface area (Å²) >= 11 is 0. The number of carboxylic acid groups (broad SMARTS) is 1. The number of benzene rings is 3. The van der Waals surface area contributed by atoms with E-state index in [2.05, 4.69) is 9.97 Å². The Hall–Kier alpha value is -4.72. The minimum Gasteiger partial charge on any atom is -0.507 e. The maximum Gasteiger partial charge on any atom is 0.335 e. The van der Waals surface area contributed by atoms with Crippen LogP contribution in [0.25, 0.3) is 16.8 Å². The number of aliphatic hydroxyl groups is 1. The van der Waals surface area contributed by atoms with Gasteiger partial charge in [0.25, 0.3) is 5.78 Å². The van der Waals surface area contributed by atoms with E-state index in [9.17, 15) is 24.6 Å². The zero-order valence-corrected chi connectivity index (χ0v) is 19.9. The van der Waals surface area contributed by atoms with Crippen molar-refractivity contribution in [1.29, 1.82) is 0 Å². The van der Waals surface area contributed by atoms with Gasteiger partial charge in [0.05, 0.1) is 28.2 Å². The van der Waals surface area contributed by atoms with Crippen LogP contribution in [0, 0.1) is 20.8 Å². The summed E-state index contributed by atoms with van der Waals surface area (Å²) in [6, 6.07) is 16.1. The molecule has 3 N–H and O–H groups in total. The minimum atomic E-state index is -1.10. The zero-order valence-electron chi connectivity index (χ0n) is 19.9. The van der Waals surface area contributed by atoms with Gasteiger partial charge < -0.3 is 15.2 Å². The Kier molecular flexibility index (Phi) is 5.44. The lowest BCUT2D eigenvalue weighted by Crippen LogP contribution is -2.30. The van der Waals surface area contributed by atoms with Crippen LogP contribution in [-0.4, -0.2) is 37.8 Å². The molecule has 0 aliphatic carbocycles. The molecule has 1 aliphatic rings. The smallest absolute Gasteiger partial charge is 0.335 e. The topological polar surface area (TPSA) is 124 Å². The van der Waals surface area contributed by atoms with Crippen LogP contribution in [-0.2, 0) is 9.59 Å². The van der Waals surface area contributed by atoms with Crippen LogP contribution in [0.3, 0.4) is 0 Å². The molecular weight excluding hydrogens is 458 g/mol. The number of aromatic nitrogens is 2. The van der Waals surface area contributed by atoms with Crippen molar-refractivity contribution in [2.45, 2.75) is 26.8 Å². The molecule has 1 unspecified atom stereocenters. The molecule has 0 spiro atoms. The van der Waals surface area contributed by atoms with E-state index in [0.29, 0.717) is 22.2 Å². The van der Waals surface area contributed by atoms with Crippen molar-refractivity contribution in [2.24, 2.45) is 0 Å². The summed E-state index contributed by atoms with van der Waals surface area (Å²) in [6.45, 7) is 5.75. The highest BCUT2D eigenvalue weighted by molar-refractivity contribution is 6.51. The van der Waals surface area contributed by atoms with Crippen LogP contribution in [0.4, 0.5) is 5.95 Å². The molecule has 36 heavy (non-hydrogen) atoms. The number of H-pyrrole nitrogens is 1. The first kappa shape index (κ1) is 23.0. The molecule has 2 heterocycles. The van der Waals surface area contributed by atoms with Gasteiger partial charge in [0.15, 0.2) is 0 Å². The predicted octanol–water partition coefficient (Wildman–Crippen LogP) is 4.81. The molecular formula is C28H23N3O5. The van der Waals surface area contributed by atoms with Gasteiger partial charge in [-0.2, -0.15) is 0 Å². The van der Waals surface area contributed by atoms with Crippen LogP contribution in [0.1, 0.15) is 44.2 Å². The van der Waals surface area contributed by atoms with Crippen molar-refractivity contribution in [3.8, 4) is 0 Å². The van der Waals surface area contributed by atoms with Gasteiger partial charge in [-0.25, -0.2) is 9.78 Å². The number of Topliss-reactive ketones (excluding diaryl/α,β-unsaturated/α-hetero) is 1. The molecule has 1 aliphatic heterocycles. The molecule has 5 rings (SSSR count). The van der Waals surface area contributed by atoms with Gasteiger partial charge in [0.1, 0.15) is 5.76 Å². The molecule has 0 radical (unpaired) electrons. The fourth-order valence-corrected chi connectivity index (χ4v) is 4.49. The maximum atomic E-state index is 13.4. The Morgan fingerprint density at radius 3 is 2.36 bits per heavy atom. The first-order valence-electron chi connectivity index (χ1n) is 11.3. The van der Waals surface area contributed by atoms with Gasteiger partial charge >= 0.3 is 11.9 Å². The van der Waals surface area contributed by atoms with E-state index < -0.39 is 23.7 Å². The third-order valence-electron chi connectivity index (χ3n) is 6.53. The zero-order chi connectivity index (χ0) is 25.7. The minimum absolute atomic E-state index is 0.0412. The first-order valence-corrected chi connectivity index (χ1v) is 11.3. The second-order valence-electron chi connectivity index (χ2n) is 8.98. The van der Waals surface area contributed by atoms with E-state index in [-0.39, 0.29) is 22.8 Å². The quantitative estimate of drug-likeness (QED) is 0.218. The Morgan fingerprint density at radius 1 is 0.917 bits per heavy atom. The highest BCUT2D eigenvalue weighted by atomic mass is 16.4. The molecule has 1 saturated heterocycles. The highest BCUT2D eigenvalue weighted by Gasteiger charge is 2.48. The summed E-state index contributed by atoms with van der Waals surface area (Å²) in [5.74, 6) is -2.95. The summed E-state index contributed by atoms with van der Waals surface area (Å²) in [5.41, 5.74) is 4.82. The van der Waals surface area contributed by atoms with E-state index in [1.165, 1.54) is 23.1 Å². The molecule has 180 valence electrons. The van der Waals surface area contributed by atoms with Crippen molar-refractivity contribution in [2.75, 3.05) is 4.90 Å². The fraction of sp³-hybridized carbons (Fsp3) is 0.143. The number of nitrogens with zero attached hydrogens (tertiary/aromatic N) is 2. The highest BCUT2D eigenvalue weighted by Crippen LogP contribution is 2.42. The van der Waals surface area contributed by atoms with Gasteiger partial charge in [0, 0.05) is 5.56 Å². The average Bonchev–Trinajstić information content (AvgIpc) is 3.38. The van der Waals surface area contributed by atoms with E-state index in [1.54, 1.807) is 18.2 Å². The number of fused-ring (bicyclic) bond motifs is 1. The van der Waals surface area contributed by atoms with Crippen LogP contribution >= 0.6 is 0 Å². The number of aliphatic hydroxyl groups excluding tert-OH is 1. The molecule has 8 heteroatoms. The third-order valence-corrected chi connectivity index (χ3v) is 6.53. The van der Waals surface area contributed by atoms with Gasteiger partial charge in [-0.05, 0) is 61.7 Å². The van der Waals surface area contributed by atoms with Crippen molar-refractivity contribution in [3.05, 3.63) is 99.6 Å². The number of ketones is 1. The standard InChI is InChI=1S/C28H23N3O5/c1-14-5-4-6-17(11-14)23-22(24(32)18-8-7-15(2)16(3)12-18)25(33)26(34)31(23)28-29-20-10-9-19(27(35)36)13-21(20)30-28/h4-13,23,32H,1-3H3,(H,29,30)(H,35,36)/b24-22+. The Labute approximate surface area is 206 Å². The lowest BCUT2D eigenvalue weighted by atomic mass is 9.93. The molecule has 1 aromatic heterocycles. The van der Waals surface area contributed by atoms with Crippen LogP contribution in [0.2, 0.25) is 0 Å². The number of carbonyl (C=O) groups excluding carboxylic acids is 2. The number of hydrogen-bond donors (Lipinski definition) is 3. The summed E-state index contributed by atoms with van der Waals surface area (Å²) in [6.07, 6.45) is 0. The van der Waals surface area contributed by atoms with Crippen molar-refractivity contribution in [3.63, 3.8) is 0 Å². The number of nitrogens with one attached hydrogen (secondary N) is 1. The first-order chi connectivity index (χ1) is 17.2. The molecule has 1 amide bonds. The van der Waals surface area contributed by atoms with Crippen molar-refractivity contribution < 1.29 is 24.6 Å². The number of anilines is 1. The second-order valence-corrected chi connectivity index (χ2v) is 8.98. The molecule has 0 saturated carbocycles. The van der Waals surface area contributed by atoms with Crippen LogP contribution in [0.5, 0.6) is 0 Å². The van der Waals surface area contributed by atoms with Gasteiger partial charge in [-0.15, -0.1) is 0 Å². The fourth-order valence-electron chi connectivity index (χ4n) is 4.49. The van der Waals surface area contributed by atoms with Gasteiger partial charge in [0.2, 0.25) is 5.95 Å². The van der Waals surface area contributed by atoms with E-state index in [1.807, 2.05) is 45.0 Å².